The second-order valence-electron chi connectivity index (χ2n) is 4.87. The molecule has 7 heteroatoms. The Morgan fingerprint density at radius 3 is 2.70 bits per heavy atom. The van der Waals surface area contributed by atoms with Crippen molar-refractivity contribution in [1.29, 1.82) is 0 Å². The third-order valence-corrected chi connectivity index (χ3v) is 3.79. The first kappa shape index (κ1) is 16.7. The van der Waals surface area contributed by atoms with Gasteiger partial charge in [0.05, 0.1) is 6.54 Å². The Bertz CT molecular complexity index is 414. The number of amides is 2. The van der Waals surface area contributed by atoms with Crippen LogP contribution >= 0.6 is 12.6 Å². The van der Waals surface area contributed by atoms with E-state index in [0.717, 1.165) is 6.42 Å². The topological polar surface area (TPSA) is 92.5 Å². The van der Waals surface area contributed by atoms with E-state index in [1.807, 2.05) is 0 Å². The predicted molar refractivity (Wildman–Crippen MR) is 79.1 cm³/mol. The van der Waals surface area contributed by atoms with Crippen LogP contribution in [0.5, 0.6) is 0 Å². The smallest absolute Gasteiger partial charge is 0.243 e. The molecular formula is C13H21N3O3S. The van der Waals surface area contributed by atoms with E-state index in [-0.39, 0.29) is 24.3 Å². The van der Waals surface area contributed by atoms with Gasteiger partial charge in [-0.05, 0) is 12.8 Å². The van der Waals surface area contributed by atoms with Crippen LogP contribution in [0.2, 0.25) is 0 Å². The fraction of sp³-hybridized carbons (Fsp3) is 0.615. The molecule has 1 fully saturated rings. The fourth-order valence-corrected chi connectivity index (χ4v) is 2.56. The SMILES string of the molecule is C=CC(C)C(NC(=O)C1CCCN1C(=O)CN)C(=O)S. The van der Waals surface area contributed by atoms with Crippen LogP contribution in [-0.4, -0.2) is 47.0 Å². The molecule has 3 unspecified atom stereocenters. The molecule has 0 aromatic rings. The van der Waals surface area contributed by atoms with Gasteiger partial charge in [-0.2, -0.15) is 0 Å². The second-order valence-corrected chi connectivity index (χ2v) is 5.31. The van der Waals surface area contributed by atoms with Gasteiger partial charge in [0.15, 0.2) is 0 Å². The van der Waals surface area contributed by atoms with Crippen molar-refractivity contribution in [3.05, 3.63) is 12.7 Å². The van der Waals surface area contributed by atoms with Crippen molar-refractivity contribution in [2.75, 3.05) is 13.1 Å². The lowest BCUT2D eigenvalue weighted by Crippen LogP contribution is -2.52. The predicted octanol–water partition coefficient (Wildman–Crippen LogP) is -0.301. The first-order valence-corrected chi connectivity index (χ1v) is 7.02. The van der Waals surface area contributed by atoms with Gasteiger partial charge in [0.1, 0.15) is 12.1 Å². The second kappa shape index (κ2) is 7.44. The number of rotatable bonds is 6. The van der Waals surface area contributed by atoms with E-state index in [1.165, 1.54) is 4.90 Å². The molecule has 2 amide bonds. The monoisotopic (exact) mass is 299 g/mol. The average molecular weight is 299 g/mol. The van der Waals surface area contributed by atoms with Crippen molar-refractivity contribution >= 4 is 29.6 Å². The third kappa shape index (κ3) is 3.83. The van der Waals surface area contributed by atoms with Gasteiger partial charge in [0, 0.05) is 12.5 Å². The summed E-state index contributed by atoms with van der Waals surface area (Å²) < 4.78 is 0. The van der Waals surface area contributed by atoms with Crippen LogP contribution < -0.4 is 11.1 Å². The average Bonchev–Trinajstić information content (AvgIpc) is 2.91. The number of nitrogens with two attached hydrogens (primary N) is 1. The van der Waals surface area contributed by atoms with E-state index in [2.05, 4.69) is 24.5 Å². The van der Waals surface area contributed by atoms with Gasteiger partial charge in [-0.15, -0.1) is 19.2 Å². The highest BCUT2D eigenvalue weighted by molar-refractivity contribution is 7.96. The zero-order valence-electron chi connectivity index (χ0n) is 11.5. The molecule has 0 aromatic heterocycles. The molecule has 3 atom stereocenters. The Hall–Kier alpha value is -1.34. The number of carbonyl (C=O) groups is 3. The quantitative estimate of drug-likeness (QED) is 0.464. The molecule has 112 valence electrons. The van der Waals surface area contributed by atoms with Crippen LogP contribution in [0.25, 0.3) is 0 Å². The maximum Gasteiger partial charge on any atom is 0.243 e. The Morgan fingerprint density at radius 2 is 2.20 bits per heavy atom. The third-order valence-electron chi connectivity index (χ3n) is 3.51. The van der Waals surface area contributed by atoms with Crippen molar-refractivity contribution in [2.24, 2.45) is 11.7 Å². The zero-order chi connectivity index (χ0) is 15.3. The summed E-state index contributed by atoms with van der Waals surface area (Å²) in [5, 5.41) is 2.22. The minimum atomic E-state index is -0.737. The summed E-state index contributed by atoms with van der Waals surface area (Å²) in [7, 11) is 0. The summed E-state index contributed by atoms with van der Waals surface area (Å²) in [6.07, 6.45) is 2.91. The molecule has 1 saturated heterocycles. The minimum absolute atomic E-state index is 0.123. The van der Waals surface area contributed by atoms with Crippen molar-refractivity contribution in [1.82, 2.24) is 10.2 Å². The molecule has 1 aliphatic rings. The number of carbonyl (C=O) groups excluding carboxylic acids is 3. The van der Waals surface area contributed by atoms with Crippen LogP contribution in [0.15, 0.2) is 12.7 Å². The maximum atomic E-state index is 12.2. The molecule has 1 heterocycles. The van der Waals surface area contributed by atoms with Gasteiger partial charge in [-0.1, -0.05) is 13.0 Å². The van der Waals surface area contributed by atoms with Crippen LogP contribution in [0.1, 0.15) is 19.8 Å². The molecule has 6 nitrogen and oxygen atoms in total. The Morgan fingerprint density at radius 1 is 1.55 bits per heavy atom. The van der Waals surface area contributed by atoms with E-state index < -0.39 is 17.2 Å². The van der Waals surface area contributed by atoms with Crippen LogP contribution in [0.4, 0.5) is 0 Å². The summed E-state index contributed by atoms with van der Waals surface area (Å²) in [6.45, 7) is 5.77. The summed E-state index contributed by atoms with van der Waals surface area (Å²) >= 11 is 3.78. The summed E-state index contributed by atoms with van der Waals surface area (Å²) in [5.74, 6) is -0.831. The number of nitrogens with zero attached hydrogens (tertiary/aromatic N) is 1. The molecule has 0 radical (unpaired) electrons. The van der Waals surface area contributed by atoms with E-state index in [9.17, 15) is 14.4 Å². The first-order chi connectivity index (χ1) is 9.42. The lowest BCUT2D eigenvalue weighted by atomic mass is 10.0. The molecule has 0 bridgehead atoms. The molecule has 0 aliphatic carbocycles. The van der Waals surface area contributed by atoms with Crippen LogP contribution in [-0.2, 0) is 14.4 Å². The highest BCUT2D eigenvalue weighted by Crippen LogP contribution is 2.18. The van der Waals surface area contributed by atoms with Gasteiger partial charge < -0.3 is 16.0 Å². The zero-order valence-corrected chi connectivity index (χ0v) is 12.4. The molecule has 20 heavy (non-hydrogen) atoms. The van der Waals surface area contributed by atoms with Gasteiger partial charge in [-0.3, -0.25) is 14.4 Å². The molecule has 0 saturated carbocycles. The highest BCUT2D eigenvalue weighted by atomic mass is 32.1. The molecule has 1 rings (SSSR count). The lowest BCUT2D eigenvalue weighted by Gasteiger charge is -2.26. The number of hydrogen-bond acceptors (Lipinski definition) is 4. The summed E-state index contributed by atoms with van der Waals surface area (Å²) in [5.41, 5.74) is 5.33. The fourth-order valence-electron chi connectivity index (χ4n) is 2.26. The van der Waals surface area contributed by atoms with Crippen molar-refractivity contribution in [3.63, 3.8) is 0 Å². The van der Waals surface area contributed by atoms with Gasteiger partial charge in [-0.25, -0.2) is 0 Å². The van der Waals surface area contributed by atoms with E-state index >= 15 is 0 Å². The number of hydrogen-bond donors (Lipinski definition) is 3. The van der Waals surface area contributed by atoms with Crippen LogP contribution in [0, 0.1) is 5.92 Å². The minimum Gasteiger partial charge on any atom is -0.343 e. The Balaban J connectivity index is 2.75. The standard InChI is InChI=1S/C13H21N3O3S/c1-3-8(2)11(13(19)20)15-12(18)9-5-4-6-16(9)10(17)7-14/h3,8-9,11H,1,4-7,14H2,2H3,(H,15,18)(H,19,20). The van der Waals surface area contributed by atoms with Gasteiger partial charge >= 0.3 is 0 Å². The maximum absolute atomic E-state index is 12.2. The molecule has 1 aliphatic heterocycles. The molecule has 0 aromatic carbocycles. The van der Waals surface area contributed by atoms with Crippen molar-refractivity contribution < 1.29 is 14.4 Å². The van der Waals surface area contributed by atoms with Gasteiger partial charge in [0.2, 0.25) is 16.9 Å². The highest BCUT2D eigenvalue weighted by Gasteiger charge is 2.35. The largest absolute Gasteiger partial charge is 0.343 e. The number of nitrogens with one attached hydrogen (secondary N) is 1. The normalized spacial score (nSPS) is 21.1. The molecular weight excluding hydrogens is 278 g/mol. The number of likely N-dealkylation sites (tertiary alicyclic amines) is 1. The van der Waals surface area contributed by atoms with E-state index in [4.69, 9.17) is 5.73 Å². The van der Waals surface area contributed by atoms with E-state index in [1.54, 1.807) is 13.0 Å². The Kier molecular flexibility index (Phi) is 6.22. The summed E-state index contributed by atoms with van der Waals surface area (Å²) in [6, 6.07) is -1.29. The molecule has 0 spiro atoms. The lowest BCUT2D eigenvalue weighted by molar-refractivity contribution is -0.138. The van der Waals surface area contributed by atoms with Gasteiger partial charge in [0.25, 0.3) is 0 Å². The molecule has 3 N–H and O–H groups in total. The van der Waals surface area contributed by atoms with Crippen LogP contribution in [0.3, 0.4) is 0 Å². The number of thiol groups is 1. The summed E-state index contributed by atoms with van der Waals surface area (Å²) in [4.78, 5) is 36.8. The van der Waals surface area contributed by atoms with Crippen molar-refractivity contribution in [3.8, 4) is 0 Å². The van der Waals surface area contributed by atoms with E-state index in [0.29, 0.717) is 13.0 Å². The van der Waals surface area contributed by atoms with Crippen molar-refractivity contribution in [2.45, 2.75) is 31.8 Å². The Labute approximate surface area is 124 Å². The first-order valence-electron chi connectivity index (χ1n) is 6.57.